The molecule has 0 aliphatic heterocycles. The van der Waals surface area contributed by atoms with E-state index in [1.165, 1.54) is 11.8 Å². The van der Waals surface area contributed by atoms with Crippen LogP contribution in [0.4, 0.5) is 0 Å². The maximum absolute atomic E-state index is 8.85. The Labute approximate surface area is 148 Å². The van der Waals surface area contributed by atoms with Crippen LogP contribution in [0.5, 0.6) is 5.75 Å². The zero-order valence-corrected chi connectivity index (χ0v) is 14.4. The van der Waals surface area contributed by atoms with Gasteiger partial charge in [0.15, 0.2) is 11.0 Å². The number of aromatic nitrogens is 3. The van der Waals surface area contributed by atoms with Crippen molar-refractivity contribution in [2.75, 3.05) is 12.9 Å². The molecule has 0 aliphatic rings. The number of halogens is 1. The fourth-order valence-electron chi connectivity index (χ4n) is 2.21. The normalized spacial score (nSPS) is 10.4. The van der Waals surface area contributed by atoms with Crippen LogP contribution in [-0.4, -0.2) is 27.6 Å². The fraction of sp³-hybridized carbons (Fsp3) is 0.118. The molecule has 0 radical (unpaired) electrons. The van der Waals surface area contributed by atoms with E-state index in [-0.39, 0.29) is 0 Å². The van der Waals surface area contributed by atoms with Crippen LogP contribution in [0.3, 0.4) is 0 Å². The molecule has 0 saturated carbocycles. The first-order valence-corrected chi connectivity index (χ1v) is 8.45. The van der Waals surface area contributed by atoms with Crippen LogP contribution in [0.15, 0.2) is 53.7 Å². The van der Waals surface area contributed by atoms with Gasteiger partial charge in [-0.25, -0.2) is 0 Å². The van der Waals surface area contributed by atoms with Crippen molar-refractivity contribution in [3.8, 4) is 28.9 Å². The molecular formula is C17H13ClN4OS. The van der Waals surface area contributed by atoms with E-state index < -0.39 is 0 Å². The number of nitriles is 1. The Morgan fingerprint density at radius 3 is 2.46 bits per heavy atom. The molecule has 0 amide bonds. The second-order valence-corrected chi connectivity index (χ2v) is 6.17. The van der Waals surface area contributed by atoms with Crippen molar-refractivity contribution in [1.82, 2.24) is 14.8 Å². The summed E-state index contributed by atoms with van der Waals surface area (Å²) in [6.07, 6.45) is 0. The Morgan fingerprint density at radius 2 is 1.83 bits per heavy atom. The van der Waals surface area contributed by atoms with E-state index in [1.54, 1.807) is 7.11 Å². The minimum atomic E-state index is 0.300. The summed E-state index contributed by atoms with van der Waals surface area (Å²) >= 11 is 7.32. The van der Waals surface area contributed by atoms with E-state index in [9.17, 15) is 0 Å². The van der Waals surface area contributed by atoms with Gasteiger partial charge in [0.25, 0.3) is 0 Å². The van der Waals surface area contributed by atoms with Crippen LogP contribution in [0.25, 0.3) is 17.1 Å². The number of hydrogen-bond donors (Lipinski definition) is 0. The molecule has 0 spiro atoms. The van der Waals surface area contributed by atoms with Crippen molar-refractivity contribution in [2.45, 2.75) is 5.16 Å². The molecule has 3 rings (SSSR count). The van der Waals surface area contributed by atoms with Crippen molar-refractivity contribution >= 4 is 23.4 Å². The summed E-state index contributed by atoms with van der Waals surface area (Å²) in [7, 11) is 1.63. The first-order chi connectivity index (χ1) is 11.7. The van der Waals surface area contributed by atoms with E-state index in [4.69, 9.17) is 21.6 Å². The number of rotatable bonds is 5. The Balaban J connectivity index is 2.09. The van der Waals surface area contributed by atoms with E-state index in [0.717, 1.165) is 17.0 Å². The molecule has 1 heterocycles. The summed E-state index contributed by atoms with van der Waals surface area (Å²) < 4.78 is 7.11. The summed E-state index contributed by atoms with van der Waals surface area (Å²) in [5.74, 6) is 1.77. The first-order valence-electron chi connectivity index (χ1n) is 7.08. The highest BCUT2D eigenvalue weighted by Gasteiger charge is 2.16. The Hall–Kier alpha value is -2.49. The van der Waals surface area contributed by atoms with Gasteiger partial charge in [0.05, 0.1) is 18.9 Å². The van der Waals surface area contributed by atoms with Gasteiger partial charge in [0.1, 0.15) is 5.75 Å². The highest BCUT2D eigenvalue weighted by Crippen LogP contribution is 2.29. The van der Waals surface area contributed by atoms with Gasteiger partial charge < -0.3 is 4.74 Å². The number of nitrogens with zero attached hydrogens (tertiary/aromatic N) is 4. The molecule has 120 valence electrons. The van der Waals surface area contributed by atoms with Crippen LogP contribution in [-0.2, 0) is 0 Å². The number of benzene rings is 2. The highest BCUT2D eigenvalue weighted by atomic mass is 35.5. The average Bonchev–Trinajstić information content (AvgIpc) is 3.04. The third-order valence-electron chi connectivity index (χ3n) is 3.33. The smallest absolute Gasteiger partial charge is 0.197 e. The zero-order chi connectivity index (χ0) is 16.9. The lowest BCUT2D eigenvalue weighted by atomic mass is 10.2. The second kappa shape index (κ2) is 7.39. The number of ether oxygens (including phenoxy) is 1. The van der Waals surface area contributed by atoms with Crippen LogP contribution < -0.4 is 4.74 Å². The van der Waals surface area contributed by atoms with Crippen molar-refractivity contribution in [3.05, 3.63) is 53.6 Å². The predicted octanol–water partition coefficient (Wildman–Crippen LogP) is 4.21. The second-order valence-electron chi connectivity index (χ2n) is 4.79. The number of thioether (sulfide) groups is 1. The maximum Gasteiger partial charge on any atom is 0.197 e. The lowest BCUT2D eigenvalue weighted by Gasteiger charge is -2.10. The van der Waals surface area contributed by atoms with Crippen molar-refractivity contribution in [2.24, 2.45) is 0 Å². The Kier molecular flexibility index (Phi) is 5.04. The maximum atomic E-state index is 8.85. The minimum absolute atomic E-state index is 0.300. The summed E-state index contributed by atoms with van der Waals surface area (Å²) in [6.45, 7) is 0. The molecule has 0 bridgehead atoms. The molecule has 0 fully saturated rings. The summed E-state index contributed by atoms with van der Waals surface area (Å²) in [5, 5.41) is 18.7. The highest BCUT2D eigenvalue weighted by molar-refractivity contribution is 7.99. The third-order valence-corrected chi connectivity index (χ3v) is 4.38. The van der Waals surface area contributed by atoms with Gasteiger partial charge in [0, 0.05) is 16.3 Å². The molecule has 0 atom stereocenters. The van der Waals surface area contributed by atoms with Gasteiger partial charge in [0.2, 0.25) is 0 Å². The van der Waals surface area contributed by atoms with Crippen LogP contribution in [0.2, 0.25) is 5.02 Å². The van der Waals surface area contributed by atoms with Crippen LogP contribution in [0, 0.1) is 11.3 Å². The lowest BCUT2D eigenvalue weighted by Crippen LogP contribution is -1.99. The van der Waals surface area contributed by atoms with E-state index >= 15 is 0 Å². The van der Waals surface area contributed by atoms with Crippen LogP contribution >= 0.6 is 23.4 Å². The average molecular weight is 357 g/mol. The van der Waals surface area contributed by atoms with E-state index in [0.29, 0.717) is 21.8 Å². The number of hydrogen-bond acceptors (Lipinski definition) is 5. The van der Waals surface area contributed by atoms with Gasteiger partial charge in [-0.15, -0.1) is 10.2 Å². The summed E-state index contributed by atoms with van der Waals surface area (Å²) in [6, 6.07) is 17.1. The molecule has 0 unspecified atom stereocenters. The van der Waals surface area contributed by atoms with E-state index in [1.807, 2.05) is 53.1 Å². The SMILES string of the molecule is COc1ccc(-c2nnc(SCC#N)n2-c2ccc(Cl)cc2)cc1. The standard InChI is InChI=1S/C17H13ClN4OS/c1-23-15-8-2-12(3-9-15)16-20-21-17(24-11-10-19)22(16)14-6-4-13(18)5-7-14/h2-9H,11H2,1H3. The lowest BCUT2D eigenvalue weighted by molar-refractivity contribution is 0.415. The molecule has 0 aliphatic carbocycles. The Morgan fingerprint density at radius 1 is 1.12 bits per heavy atom. The minimum Gasteiger partial charge on any atom is -0.497 e. The van der Waals surface area contributed by atoms with Gasteiger partial charge >= 0.3 is 0 Å². The molecule has 0 saturated heterocycles. The fourth-order valence-corrected chi connectivity index (χ4v) is 2.95. The topological polar surface area (TPSA) is 63.7 Å². The molecule has 3 aromatic rings. The van der Waals surface area contributed by atoms with Crippen LogP contribution in [0.1, 0.15) is 0 Å². The molecule has 5 nitrogen and oxygen atoms in total. The Bertz CT molecular complexity index is 869. The zero-order valence-electron chi connectivity index (χ0n) is 12.8. The molecule has 24 heavy (non-hydrogen) atoms. The quantitative estimate of drug-likeness (QED) is 0.641. The molecular weight excluding hydrogens is 344 g/mol. The molecule has 1 aromatic heterocycles. The third kappa shape index (κ3) is 3.37. The number of methoxy groups -OCH3 is 1. The molecule has 0 N–H and O–H groups in total. The van der Waals surface area contributed by atoms with Gasteiger partial charge in [-0.1, -0.05) is 23.4 Å². The first kappa shape index (κ1) is 16.4. The van der Waals surface area contributed by atoms with Gasteiger partial charge in [-0.2, -0.15) is 5.26 Å². The van der Waals surface area contributed by atoms with E-state index in [2.05, 4.69) is 16.3 Å². The van der Waals surface area contributed by atoms with Gasteiger partial charge in [-0.05, 0) is 48.5 Å². The summed E-state index contributed by atoms with van der Waals surface area (Å²) in [5.41, 5.74) is 1.79. The predicted molar refractivity (Wildman–Crippen MR) is 94.7 cm³/mol. The largest absolute Gasteiger partial charge is 0.497 e. The van der Waals surface area contributed by atoms with Crippen molar-refractivity contribution in [3.63, 3.8) is 0 Å². The van der Waals surface area contributed by atoms with Crippen molar-refractivity contribution in [1.29, 1.82) is 5.26 Å². The summed E-state index contributed by atoms with van der Waals surface area (Å²) in [4.78, 5) is 0. The van der Waals surface area contributed by atoms with Crippen molar-refractivity contribution < 1.29 is 4.74 Å². The monoisotopic (exact) mass is 356 g/mol. The molecule has 7 heteroatoms. The molecule has 2 aromatic carbocycles. The van der Waals surface area contributed by atoms with Gasteiger partial charge in [-0.3, -0.25) is 4.57 Å².